The van der Waals surface area contributed by atoms with Crippen molar-refractivity contribution in [3.8, 4) is 5.75 Å². The topological polar surface area (TPSA) is 153 Å². The van der Waals surface area contributed by atoms with Crippen LogP contribution in [-0.2, 0) is 17.4 Å². The molecule has 2 aromatic rings. The van der Waals surface area contributed by atoms with E-state index in [-0.39, 0.29) is 18.3 Å². The summed E-state index contributed by atoms with van der Waals surface area (Å²) in [5.41, 5.74) is 10.9. The molecule has 21 heavy (non-hydrogen) atoms. The number of aliphatic imine (C=N–C) groups is 1. The Morgan fingerprint density at radius 3 is 2.67 bits per heavy atom. The van der Waals surface area contributed by atoms with Gasteiger partial charge in [0.05, 0.1) is 5.52 Å². The van der Waals surface area contributed by atoms with Crippen LogP contribution in [0, 0.1) is 0 Å². The van der Waals surface area contributed by atoms with E-state index in [9.17, 15) is 17.8 Å². The average molecular weight is 312 g/mol. The van der Waals surface area contributed by atoms with Gasteiger partial charge in [0, 0.05) is 12.4 Å². The van der Waals surface area contributed by atoms with Crippen LogP contribution >= 0.6 is 0 Å². The fourth-order valence-electron chi connectivity index (χ4n) is 1.90. The number of aromatic nitrogens is 1. The van der Waals surface area contributed by atoms with Crippen LogP contribution in [0.5, 0.6) is 5.75 Å². The van der Waals surface area contributed by atoms with Crippen molar-refractivity contribution in [2.24, 2.45) is 23.5 Å². The van der Waals surface area contributed by atoms with E-state index in [1.54, 1.807) is 13.1 Å². The van der Waals surface area contributed by atoms with Crippen molar-refractivity contribution >= 4 is 33.2 Å². The third-order valence-electron chi connectivity index (χ3n) is 2.69. The van der Waals surface area contributed by atoms with E-state index in [2.05, 4.69) is 9.18 Å². The van der Waals surface area contributed by atoms with E-state index in [0.717, 1.165) is 0 Å². The molecular weight excluding hydrogens is 300 g/mol. The zero-order valence-corrected chi connectivity index (χ0v) is 11.6. The van der Waals surface area contributed by atoms with E-state index in [4.69, 9.17) is 11.5 Å². The first-order valence-electron chi connectivity index (χ1n) is 5.57. The molecule has 0 atom stereocenters. The molecule has 10 heteroatoms. The maximum absolute atomic E-state index is 11.9. The minimum Gasteiger partial charge on any atom is -0.716 e. The number of aryl methyl sites for hydroxylation is 1. The molecule has 0 aliphatic rings. The van der Waals surface area contributed by atoms with Crippen LogP contribution in [-0.4, -0.2) is 29.4 Å². The molecule has 2 rings (SSSR count). The van der Waals surface area contributed by atoms with Crippen LogP contribution in [0.25, 0.3) is 10.9 Å². The van der Waals surface area contributed by atoms with Gasteiger partial charge in [0.2, 0.25) is 0 Å². The van der Waals surface area contributed by atoms with Gasteiger partial charge in [0.1, 0.15) is 5.69 Å². The molecule has 0 fully saturated rings. The number of hydrogen-bond donors (Lipinski definition) is 2. The molecule has 0 aliphatic heterocycles. The first kappa shape index (κ1) is 14.8. The van der Waals surface area contributed by atoms with Crippen LogP contribution < -0.4 is 15.7 Å². The number of carbonyl (C=O) groups is 1. The van der Waals surface area contributed by atoms with Crippen molar-refractivity contribution in [2.45, 2.75) is 0 Å². The van der Waals surface area contributed by atoms with Gasteiger partial charge in [-0.15, -0.1) is 0 Å². The lowest BCUT2D eigenvalue weighted by Crippen LogP contribution is -2.24. The predicted octanol–water partition coefficient (Wildman–Crippen LogP) is -0.457. The van der Waals surface area contributed by atoms with Gasteiger partial charge in [-0.25, -0.2) is 8.42 Å². The Balaban J connectivity index is 0.00000242. The number of nitrogens with zero attached hydrogens (tertiary/aromatic N) is 2. The summed E-state index contributed by atoms with van der Waals surface area (Å²) < 4.78 is 37.9. The number of amides is 1. The van der Waals surface area contributed by atoms with Gasteiger partial charge < -0.3 is 24.8 Å². The molecule has 1 heterocycles. The van der Waals surface area contributed by atoms with Crippen molar-refractivity contribution in [2.75, 3.05) is 0 Å². The van der Waals surface area contributed by atoms with Crippen LogP contribution in [0.2, 0.25) is 0 Å². The lowest BCUT2D eigenvalue weighted by atomic mass is 10.2. The Bertz CT molecular complexity index is 855. The first-order chi connectivity index (χ1) is 9.69. The summed E-state index contributed by atoms with van der Waals surface area (Å²) in [5, 5.41) is 0.272. The fourth-order valence-corrected chi connectivity index (χ4v) is 2.26. The Hall–Kier alpha value is -2.59. The summed E-state index contributed by atoms with van der Waals surface area (Å²) in [4.78, 5) is 15.3. The summed E-state index contributed by atoms with van der Waals surface area (Å²) in [6.07, 6.45) is 0. The van der Waals surface area contributed by atoms with E-state index in [1.165, 1.54) is 22.8 Å². The SMILES string of the molecule is Cn1c(C(=O)N=C(N)N)cc2c(OS(=O)(=O)[O-])cccc21.[H+]. The summed E-state index contributed by atoms with van der Waals surface area (Å²) in [5.74, 6) is -1.28. The van der Waals surface area contributed by atoms with Gasteiger partial charge in [-0.3, -0.25) is 4.79 Å². The highest BCUT2D eigenvalue weighted by Crippen LogP contribution is 2.29. The second-order valence-corrected chi connectivity index (χ2v) is 5.09. The van der Waals surface area contributed by atoms with E-state index in [1.807, 2.05) is 0 Å². The van der Waals surface area contributed by atoms with Crippen LogP contribution in [0.3, 0.4) is 0 Å². The molecule has 112 valence electrons. The summed E-state index contributed by atoms with van der Waals surface area (Å²) >= 11 is 0. The number of nitrogens with two attached hydrogens (primary N) is 2. The van der Waals surface area contributed by atoms with E-state index >= 15 is 0 Å². The molecule has 1 aromatic heterocycles. The van der Waals surface area contributed by atoms with Gasteiger partial charge in [0.25, 0.3) is 16.3 Å². The fraction of sp³-hybridized carbons (Fsp3) is 0.0909. The normalized spacial score (nSPS) is 11.3. The second-order valence-electron chi connectivity index (χ2n) is 4.11. The first-order valence-corrected chi connectivity index (χ1v) is 6.90. The highest BCUT2D eigenvalue weighted by Gasteiger charge is 2.16. The van der Waals surface area contributed by atoms with Crippen molar-refractivity contribution in [1.82, 2.24) is 4.57 Å². The molecule has 0 saturated carbocycles. The number of carbonyl (C=O) groups excluding carboxylic acids is 1. The van der Waals surface area contributed by atoms with Crippen LogP contribution in [0.4, 0.5) is 0 Å². The third-order valence-corrected chi connectivity index (χ3v) is 3.07. The lowest BCUT2D eigenvalue weighted by Gasteiger charge is -2.09. The Morgan fingerprint density at radius 1 is 1.43 bits per heavy atom. The smallest absolute Gasteiger partial charge is 0.716 e. The molecule has 9 nitrogen and oxygen atoms in total. The number of rotatable bonds is 3. The number of benzene rings is 1. The molecule has 0 bridgehead atoms. The van der Waals surface area contributed by atoms with Gasteiger partial charge in [-0.1, -0.05) is 6.07 Å². The molecule has 4 N–H and O–H groups in total. The Morgan fingerprint density at radius 2 is 2.10 bits per heavy atom. The quantitative estimate of drug-likeness (QED) is 0.336. The van der Waals surface area contributed by atoms with Crippen molar-refractivity contribution < 1.29 is 23.4 Å². The zero-order valence-electron chi connectivity index (χ0n) is 11.8. The molecular formula is C11H12N4O5S. The summed E-state index contributed by atoms with van der Waals surface area (Å²) in [6, 6.07) is 5.74. The Labute approximate surface area is 121 Å². The minimum atomic E-state index is -4.92. The molecule has 0 saturated heterocycles. The second kappa shape index (κ2) is 5.07. The molecule has 1 aromatic carbocycles. The average Bonchev–Trinajstić information content (AvgIpc) is 2.66. The van der Waals surface area contributed by atoms with Crippen molar-refractivity contribution in [3.05, 3.63) is 30.0 Å². The lowest BCUT2D eigenvalue weighted by molar-refractivity contribution is 0.0995. The van der Waals surface area contributed by atoms with Gasteiger partial charge in [-0.05, 0) is 18.2 Å². The van der Waals surface area contributed by atoms with E-state index < -0.39 is 22.3 Å². The highest BCUT2D eigenvalue weighted by molar-refractivity contribution is 7.81. The van der Waals surface area contributed by atoms with Gasteiger partial charge in [-0.2, -0.15) is 4.99 Å². The highest BCUT2D eigenvalue weighted by atomic mass is 32.3. The Kier molecular flexibility index (Phi) is 3.58. The van der Waals surface area contributed by atoms with Gasteiger partial charge >= 0.3 is 1.43 Å². The maximum Gasteiger partial charge on any atom is 1.00 e. The molecule has 0 unspecified atom stereocenters. The third kappa shape index (κ3) is 3.12. The minimum absolute atomic E-state index is 0. The largest absolute Gasteiger partial charge is 1.00 e. The van der Waals surface area contributed by atoms with Crippen LogP contribution in [0.1, 0.15) is 11.9 Å². The monoisotopic (exact) mass is 312 g/mol. The van der Waals surface area contributed by atoms with E-state index in [0.29, 0.717) is 5.52 Å². The van der Waals surface area contributed by atoms with Gasteiger partial charge in [0.15, 0.2) is 11.7 Å². The standard InChI is InChI=1S/C11H12N4O5S/c1-15-7-3-2-4-9(20-21(17,18)19)6(7)5-8(15)10(16)14-11(12)13/h2-5H,1H3,(H,17,18,19)(H4,12,13,14,16). The number of hydrogen-bond acceptors (Lipinski definition) is 5. The number of guanidine groups is 1. The van der Waals surface area contributed by atoms with Crippen molar-refractivity contribution in [3.63, 3.8) is 0 Å². The summed E-state index contributed by atoms with van der Waals surface area (Å²) in [7, 11) is -3.36. The number of fused-ring (bicyclic) bond motifs is 1. The summed E-state index contributed by atoms with van der Waals surface area (Å²) in [6.45, 7) is 0. The molecule has 0 spiro atoms. The maximum atomic E-state index is 11.9. The predicted molar refractivity (Wildman–Crippen MR) is 74.5 cm³/mol. The van der Waals surface area contributed by atoms with Crippen LogP contribution in [0.15, 0.2) is 29.3 Å². The van der Waals surface area contributed by atoms with Crippen molar-refractivity contribution in [1.29, 1.82) is 0 Å². The molecule has 0 radical (unpaired) electrons. The zero-order chi connectivity index (χ0) is 15.8. The molecule has 1 amide bonds. The molecule has 0 aliphatic carbocycles.